The summed E-state index contributed by atoms with van der Waals surface area (Å²) in [7, 11) is -0.429. The average Bonchev–Trinajstić information content (AvgIpc) is 2.17. The molecule has 0 saturated carbocycles. The van der Waals surface area contributed by atoms with Crippen molar-refractivity contribution in [3.63, 3.8) is 0 Å². The van der Waals surface area contributed by atoms with Gasteiger partial charge < -0.3 is 0 Å². The molecule has 1 rings (SSSR count). The first-order valence-electron chi connectivity index (χ1n) is 2.59. The Morgan fingerprint density at radius 1 is 1.71 bits per heavy atom. The highest BCUT2D eigenvalue weighted by Crippen LogP contribution is 2.23. The van der Waals surface area contributed by atoms with Gasteiger partial charge in [-0.2, -0.15) is 0 Å². The van der Waals surface area contributed by atoms with Gasteiger partial charge >= 0.3 is 0 Å². The Morgan fingerprint density at radius 2 is 2.14 bits per heavy atom. The fraction of sp³-hybridized carbons (Fsp3) is 1.00. The normalized spacial score (nSPS) is 39.3. The monoisotopic (exact) mass is 118 g/mol. The first kappa shape index (κ1) is 5.29. The predicted molar refractivity (Wildman–Crippen MR) is 31.6 cm³/mol. The summed E-state index contributed by atoms with van der Waals surface area (Å²) in [6.07, 6.45) is 0. The third-order valence-corrected chi connectivity index (χ3v) is 2.94. The van der Waals surface area contributed by atoms with E-state index in [1.165, 1.54) is 0 Å². The molecule has 1 aliphatic rings. The van der Waals surface area contributed by atoms with Crippen molar-refractivity contribution in [2.24, 2.45) is 5.92 Å². The van der Waals surface area contributed by atoms with Gasteiger partial charge in [-0.3, -0.25) is 4.21 Å². The van der Waals surface area contributed by atoms with Crippen molar-refractivity contribution in [1.82, 2.24) is 0 Å². The van der Waals surface area contributed by atoms with Crippen molar-refractivity contribution in [1.29, 1.82) is 0 Å². The average molecular weight is 118 g/mol. The van der Waals surface area contributed by atoms with Crippen molar-refractivity contribution in [3.05, 3.63) is 0 Å². The molecule has 0 bridgehead atoms. The summed E-state index contributed by atoms with van der Waals surface area (Å²) in [6, 6.07) is 0. The van der Waals surface area contributed by atoms with Crippen LogP contribution in [0.3, 0.4) is 0 Å². The van der Waals surface area contributed by atoms with Crippen LogP contribution in [0.15, 0.2) is 0 Å². The molecule has 1 aliphatic heterocycles. The first-order valence-corrected chi connectivity index (χ1v) is 3.97. The molecule has 1 nitrogen and oxygen atoms in total. The zero-order valence-corrected chi connectivity index (χ0v) is 5.49. The molecule has 2 heteroatoms. The molecule has 0 aromatic carbocycles. The van der Waals surface area contributed by atoms with Gasteiger partial charge in [-0.25, -0.2) is 0 Å². The van der Waals surface area contributed by atoms with Crippen LogP contribution >= 0.6 is 0 Å². The lowest BCUT2D eigenvalue weighted by molar-refractivity contribution is 0.661. The summed E-state index contributed by atoms with van der Waals surface area (Å²) < 4.78 is 10.4. The van der Waals surface area contributed by atoms with Crippen LogP contribution < -0.4 is 0 Å². The highest BCUT2D eigenvalue weighted by atomic mass is 32.2. The smallest absolute Gasteiger partial charge is 0.0486 e. The lowest BCUT2D eigenvalue weighted by Gasteiger charge is -1.91. The molecule has 0 aromatic heterocycles. The van der Waals surface area contributed by atoms with Crippen LogP contribution in [0.5, 0.6) is 0 Å². The van der Waals surface area contributed by atoms with E-state index in [1.807, 2.05) is 0 Å². The lowest BCUT2D eigenvalue weighted by atomic mass is 10.2. The van der Waals surface area contributed by atoms with E-state index >= 15 is 0 Å². The SMILES string of the molecule is CC(C)C1CS1=O. The topological polar surface area (TPSA) is 17.1 Å². The molecule has 0 N–H and O–H groups in total. The van der Waals surface area contributed by atoms with Crippen LogP contribution in [0.1, 0.15) is 13.8 Å². The summed E-state index contributed by atoms with van der Waals surface area (Å²) in [5, 5.41) is 0.542. The Hall–Kier alpha value is 0.150. The van der Waals surface area contributed by atoms with Gasteiger partial charge in [0.05, 0.1) is 0 Å². The van der Waals surface area contributed by atoms with E-state index in [4.69, 9.17) is 0 Å². The second-order valence-electron chi connectivity index (χ2n) is 2.33. The summed E-state index contributed by atoms with van der Waals surface area (Å²) in [5.74, 6) is 1.60. The van der Waals surface area contributed by atoms with E-state index in [0.29, 0.717) is 11.2 Å². The number of hydrogen-bond acceptors (Lipinski definition) is 1. The maximum Gasteiger partial charge on any atom is 0.0486 e. The van der Waals surface area contributed by atoms with E-state index in [2.05, 4.69) is 13.8 Å². The summed E-state index contributed by atoms with van der Waals surface area (Å²) in [5.41, 5.74) is 0. The maximum atomic E-state index is 10.4. The molecule has 0 aromatic rings. The Bertz CT molecular complexity index is 98.3. The molecule has 0 radical (unpaired) electrons. The van der Waals surface area contributed by atoms with Crippen LogP contribution in [-0.2, 0) is 10.8 Å². The zero-order chi connectivity index (χ0) is 5.44. The molecular weight excluding hydrogens is 108 g/mol. The van der Waals surface area contributed by atoms with Crippen LogP contribution in [0.25, 0.3) is 0 Å². The fourth-order valence-corrected chi connectivity index (χ4v) is 2.02. The Kier molecular flexibility index (Phi) is 1.20. The van der Waals surface area contributed by atoms with Gasteiger partial charge in [0.1, 0.15) is 0 Å². The molecule has 1 saturated heterocycles. The van der Waals surface area contributed by atoms with Gasteiger partial charge in [-0.1, -0.05) is 13.8 Å². The van der Waals surface area contributed by atoms with Gasteiger partial charge in [-0.15, -0.1) is 0 Å². The second-order valence-corrected chi connectivity index (χ2v) is 4.03. The highest BCUT2D eigenvalue weighted by Gasteiger charge is 2.35. The Balaban J connectivity index is 2.33. The van der Waals surface area contributed by atoms with Gasteiger partial charge in [0.2, 0.25) is 0 Å². The van der Waals surface area contributed by atoms with Crippen LogP contribution in [0.4, 0.5) is 0 Å². The van der Waals surface area contributed by atoms with Crippen molar-refractivity contribution in [2.45, 2.75) is 19.1 Å². The fourth-order valence-electron chi connectivity index (χ4n) is 0.619. The van der Waals surface area contributed by atoms with E-state index in [0.717, 1.165) is 5.75 Å². The minimum Gasteiger partial charge on any atom is -0.259 e. The highest BCUT2D eigenvalue weighted by molar-refractivity contribution is 7.92. The van der Waals surface area contributed by atoms with E-state index in [-0.39, 0.29) is 0 Å². The quantitative estimate of drug-likeness (QED) is 0.465. The van der Waals surface area contributed by atoms with Crippen LogP contribution in [0, 0.1) is 5.92 Å². The summed E-state index contributed by atoms with van der Waals surface area (Å²) in [6.45, 7) is 4.24. The van der Waals surface area contributed by atoms with Crippen LogP contribution in [0.2, 0.25) is 0 Å². The first-order chi connectivity index (χ1) is 3.22. The summed E-state index contributed by atoms with van der Waals surface area (Å²) in [4.78, 5) is 0. The Labute approximate surface area is 46.6 Å². The molecule has 0 aliphatic carbocycles. The number of rotatable bonds is 1. The molecule has 0 spiro atoms. The minimum atomic E-state index is -0.429. The van der Waals surface area contributed by atoms with Crippen molar-refractivity contribution in [2.75, 3.05) is 5.75 Å². The third-order valence-electron chi connectivity index (χ3n) is 1.29. The minimum absolute atomic E-state index is 0.429. The van der Waals surface area contributed by atoms with Crippen molar-refractivity contribution < 1.29 is 4.21 Å². The third kappa shape index (κ3) is 1.03. The van der Waals surface area contributed by atoms with Gasteiger partial charge in [-0.05, 0) is 5.92 Å². The maximum absolute atomic E-state index is 10.4. The molecule has 2 atom stereocenters. The second kappa shape index (κ2) is 1.58. The zero-order valence-electron chi connectivity index (χ0n) is 4.68. The van der Waals surface area contributed by atoms with Crippen LogP contribution in [-0.4, -0.2) is 15.2 Å². The lowest BCUT2D eigenvalue weighted by Crippen LogP contribution is -1.95. The largest absolute Gasteiger partial charge is 0.259 e. The van der Waals surface area contributed by atoms with E-state index in [9.17, 15) is 4.21 Å². The predicted octanol–water partition coefficient (Wildman–Crippen LogP) is 0.773. The standard InChI is InChI=1S/C5H10OS/c1-4(2)5-3-7(5)6/h4-5H,3H2,1-2H3. The van der Waals surface area contributed by atoms with Gasteiger partial charge in [0.15, 0.2) is 0 Å². The van der Waals surface area contributed by atoms with Gasteiger partial charge in [0, 0.05) is 21.8 Å². The van der Waals surface area contributed by atoms with Crippen molar-refractivity contribution in [3.8, 4) is 0 Å². The molecule has 0 amide bonds. The molecule has 2 unspecified atom stereocenters. The number of hydrogen-bond donors (Lipinski definition) is 0. The van der Waals surface area contributed by atoms with E-state index in [1.54, 1.807) is 0 Å². The Morgan fingerprint density at radius 3 is 2.14 bits per heavy atom. The molecule has 1 heterocycles. The molecular formula is C5H10OS. The van der Waals surface area contributed by atoms with Gasteiger partial charge in [0.25, 0.3) is 0 Å². The van der Waals surface area contributed by atoms with Crippen molar-refractivity contribution >= 4 is 10.8 Å². The molecule has 1 fully saturated rings. The van der Waals surface area contributed by atoms with E-state index < -0.39 is 10.8 Å². The molecule has 7 heavy (non-hydrogen) atoms. The molecule has 42 valence electrons. The summed E-state index contributed by atoms with van der Waals surface area (Å²) >= 11 is 0.